The lowest BCUT2D eigenvalue weighted by Gasteiger charge is -2.32. The zero-order chi connectivity index (χ0) is 13.9. The van der Waals surface area contributed by atoms with Gasteiger partial charge in [0.1, 0.15) is 0 Å². The Morgan fingerprint density at radius 2 is 1.76 bits per heavy atom. The maximum absolute atomic E-state index is 9.46. The van der Waals surface area contributed by atoms with Crippen LogP contribution in [0.5, 0.6) is 0 Å². The molecule has 0 saturated carbocycles. The predicted molar refractivity (Wildman–Crippen MR) is 91.3 cm³/mol. The van der Waals surface area contributed by atoms with Crippen molar-refractivity contribution in [3.05, 3.63) is 48.0 Å². The highest BCUT2D eigenvalue weighted by Gasteiger charge is 2.21. The van der Waals surface area contributed by atoms with Crippen molar-refractivity contribution in [2.24, 2.45) is 0 Å². The van der Waals surface area contributed by atoms with Crippen LogP contribution in [0.1, 0.15) is 31.2 Å². The number of likely N-dealkylation sites (tertiary alicyclic amines) is 1. The summed E-state index contributed by atoms with van der Waals surface area (Å²) in [6.45, 7) is 4.88. The third kappa shape index (κ3) is 3.97. The van der Waals surface area contributed by atoms with Crippen LogP contribution in [0.25, 0.3) is 10.8 Å². The summed E-state index contributed by atoms with van der Waals surface area (Å²) in [6.07, 6.45) is 2.18. The first kappa shape index (κ1) is 16.3. The second kappa shape index (κ2) is 7.26. The molecule has 0 radical (unpaired) electrons. The minimum Gasteiger partial charge on any atom is -0.392 e. The van der Waals surface area contributed by atoms with E-state index in [1.54, 1.807) is 0 Å². The highest BCUT2D eigenvalue weighted by atomic mass is 35.5. The highest BCUT2D eigenvalue weighted by molar-refractivity contribution is 5.85. The van der Waals surface area contributed by atoms with Crippen LogP contribution in [-0.2, 0) is 0 Å². The Labute approximate surface area is 133 Å². The largest absolute Gasteiger partial charge is 0.392 e. The Morgan fingerprint density at radius 1 is 1.10 bits per heavy atom. The van der Waals surface area contributed by atoms with Crippen molar-refractivity contribution in [3.8, 4) is 0 Å². The van der Waals surface area contributed by atoms with Crippen LogP contribution < -0.4 is 0 Å². The fourth-order valence-corrected chi connectivity index (χ4v) is 3.28. The average Bonchev–Trinajstić information content (AvgIpc) is 2.47. The molecule has 1 unspecified atom stereocenters. The predicted octanol–water partition coefficient (Wildman–Crippen LogP) is 3.82. The minimum atomic E-state index is -0.216. The Hall–Kier alpha value is -1.09. The molecule has 3 rings (SSSR count). The molecular formula is C18H24ClNO. The molecule has 114 valence electrons. The number of benzene rings is 2. The van der Waals surface area contributed by atoms with Crippen molar-refractivity contribution >= 4 is 23.2 Å². The van der Waals surface area contributed by atoms with Crippen molar-refractivity contribution in [1.82, 2.24) is 4.90 Å². The summed E-state index contributed by atoms with van der Waals surface area (Å²) < 4.78 is 0. The number of hydrogen-bond donors (Lipinski definition) is 1. The van der Waals surface area contributed by atoms with Crippen molar-refractivity contribution in [3.63, 3.8) is 0 Å². The summed E-state index contributed by atoms with van der Waals surface area (Å²) >= 11 is 0. The number of hydrogen-bond acceptors (Lipinski definition) is 2. The highest BCUT2D eigenvalue weighted by Crippen LogP contribution is 2.30. The maximum Gasteiger partial charge on any atom is 0.0639 e. The van der Waals surface area contributed by atoms with Crippen molar-refractivity contribution < 1.29 is 5.11 Å². The van der Waals surface area contributed by atoms with Crippen LogP contribution in [-0.4, -0.2) is 35.7 Å². The van der Waals surface area contributed by atoms with Gasteiger partial charge in [-0.2, -0.15) is 0 Å². The summed E-state index contributed by atoms with van der Waals surface area (Å²) in [6, 6.07) is 15.5. The molecule has 0 aliphatic carbocycles. The van der Waals surface area contributed by atoms with E-state index in [2.05, 4.69) is 47.4 Å². The van der Waals surface area contributed by atoms with E-state index in [1.165, 1.54) is 29.2 Å². The minimum absolute atomic E-state index is 0. The molecule has 1 aliphatic rings. The van der Waals surface area contributed by atoms with Gasteiger partial charge in [0.25, 0.3) is 0 Å². The molecule has 1 saturated heterocycles. The Balaban J connectivity index is 0.00000161. The van der Waals surface area contributed by atoms with E-state index in [0.29, 0.717) is 5.92 Å². The summed E-state index contributed by atoms with van der Waals surface area (Å²) in [5.74, 6) is 0.671. The number of piperidine rings is 1. The number of rotatable bonds is 3. The van der Waals surface area contributed by atoms with Gasteiger partial charge in [-0.15, -0.1) is 12.4 Å². The first-order chi connectivity index (χ1) is 9.72. The molecule has 21 heavy (non-hydrogen) atoms. The summed E-state index contributed by atoms with van der Waals surface area (Å²) in [4.78, 5) is 2.38. The SMILES string of the molecule is CC(O)CN1CCC(c2ccc3ccccc3c2)CC1.Cl. The lowest BCUT2D eigenvalue weighted by Crippen LogP contribution is -2.37. The van der Waals surface area contributed by atoms with Crippen molar-refractivity contribution in [2.75, 3.05) is 19.6 Å². The Bertz CT molecular complexity index is 576. The number of fused-ring (bicyclic) bond motifs is 1. The van der Waals surface area contributed by atoms with Crippen LogP contribution >= 0.6 is 12.4 Å². The van der Waals surface area contributed by atoms with E-state index in [4.69, 9.17) is 0 Å². The third-order valence-corrected chi connectivity index (χ3v) is 4.35. The van der Waals surface area contributed by atoms with Gasteiger partial charge in [-0.1, -0.05) is 42.5 Å². The van der Waals surface area contributed by atoms with Gasteiger partial charge >= 0.3 is 0 Å². The topological polar surface area (TPSA) is 23.5 Å². The van der Waals surface area contributed by atoms with Gasteiger partial charge in [-0.3, -0.25) is 0 Å². The van der Waals surface area contributed by atoms with Crippen LogP contribution in [0.4, 0.5) is 0 Å². The molecule has 3 heteroatoms. The quantitative estimate of drug-likeness (QED) is 0.932. The van der Waals surface area contributed by atoms with Gasteiger partial charge in [0, 0.05) is 6.54 Å². The Kier molecular flexibility index (Phi) is 5.63. The molecule has 1 heterocycles. The van der Waals surface area contributed by atoms with Crippen LogP contribution in [0.3, 0.4) is 0 Å². The van der Waals surface area contributed by atoms with Gasteiger partial charge in [-0.05, 0) is 55.1 Å². The number of β-amino-alcohol motifs (C(OH)–C–C–N with tert-alkyl or cyclic N) is 1. The normalized spacial score (nSPS) is 18.4. The summed E-state index contributed by atoms with van der Waals surface area (Å²) in [5.41, 5.74) is 1.47. The number of nitrogens with zero attached hydrogens (tertiary/aromatic N) is 1. The zero-order valence-electron chi connectivity index (χ0n) is 12.5. The van der Waals surface area contributed by atoms with Crippen molar-refractivity contribution in [1.29, 1.82) is 0 Å². The van der Waals surface area contributed by atoms with E-state index in [0.717, 1.165) is 19.6 Å². The molecule has 2 nitrogen and oxygen atoms in total. The zero-order valence-corrected chi connectivity index (χ0v) is 13.4. The van der Waals surface area contributed by atoms with E-state index in [-0.39, 0.29) is 18.5 Å². The maximum atomic E-state index is 9.46. The number of aliphatic hydroxyl groups excluding tert-OH is 1. The van der Waals surface area contributed by atoms with E-state index >= 15 is 0 Å². The molecule has 1 N–H and O–H groups in total. The second-order valence-electron chi connectivity index (χ2n) is 6.03. The van der Waals surface area contributed by atoms with E-state index in [9.17, 15) is 5.11 Å². The number of aliphatic hydroxyl groups is 1. The average molecular weight is 306 g/mol. The monoisotopic (exact) mass is 305 g/mol. The number of halogens is 1. The first-order valence-corrected chi connectivity index (χ1v) is 7.61. The lowest BCUT2D eigenvalue weighted by molar-refractivity contribution is 0.109. The summed E-state index contributed by atoms with van der Waals surface area (Å²) in [5, 5.41) is 12.1. The van der Waals surface area contributed by atoms with Crippen molar-refractivity contribution in [2.45, 2.75) is 31.8 Å². The van der Waals surface area contributed by atoms with Gasteiger partial charge in [0.05, 0.1) is 6.10 Å². The fraction of sp³-hybridized carbons (Fsp3) is 0.444. The molecule has 0 bridgehead atoms. The van der Waals surface area contributed by atoms with Crippen LogP contribution in [0.15, 0.2) is 42.5 Å². The first-order valence-electron chi connectivity index (χ1n) is 7.61. The van der Waals surface area contributed by atoms with Crippen LogP contribution in [0, 0.1) is 0 Å². The standard InChI is InChI=1S/C18H23NO.ClH/c1-14(20)13-19-10-8-16(9-11-19)18-7-6-15-4-2-3-5-17(15)12-18;/h2-7,12,14,16,20H,8-11,13H2,1H3;1H. The Morgan fingerprint density at radius 3 is 2.43 bits per heavy atom. The van der Waals surface area contributed by atoms with Gasteiger partial charge in [0.15, 0.2) is 0 Å². The molecule has 0 amide bonds. The molecule has 1 atom stereocenters. The fourth-order valence-electron chi connectivity index (χ4n) is 3.28. The van der Waals surface area contributed by atoms with Gasteiger partial charge < -0.3 is 10.0 Å². The van der Waals surface area contributed by atoms with Gasteiger partial charge in [0.2, 0.25) is 0 Å². The molecular weight excluding hydrogens is 282 g/mol. The molecule has 1 aliphatic heterocycles. The lowest BCUT2D eigenvalue weighted by atomic mass is 9.88. The van der Waals surface area contributed by atoms with Crippen LogP contribution in [0.2, 0.25) is 0 Å². The van der Waals surface area contributed by atoms with E-state index in [1.807, 2.05) is 6.92 Å². The third-order valence-electron chi connectivity index (χ3n) is 4.35. The molecule has 0 spiro atoms. The summed E-state index contributed by atoms with van der Waals surface area (Å²) in [7, 11) is 0. The molecule has 1 fully saturated rings. The molecule has 0 aromatic heterocycles. The van der Waals surface area contributed by atoms with E-state index < -0.39 is 0 Å². The molecule has 2 aromatic rings. The second-order valence-corrected chi connectivity index (χ2v) is 6.03. The van der Waals surface area contributed by atoms with Gasteiger partial charge in [-0.25, -0.2) is 0 Å². The molecule has 2 aromatic carbocycles. The smallest absolute Gasteiger partial charge is 0.0639 e.